The minimum absolute atomic E-state index is 0.309. The van der Waals surface area contributed by atoms with Crippen molar-refractivity contribution in [1.29, 1.82) is 0 Å². The van der Waals surface area contributed by atoms with E-state index in [9.17, 15) is 4.79 Å². The molecule has 132 valence electrons. The van der Waals surface area contributed by atoms with Crippen molar-refractivity contribution in [3.05, 3.63) is 106 Å². The normalized spacial score (nSPS) is 18.6. The Morgan fingerprint density at radius 1 is 0.815 bits per heavy atom. The summed E-state index contributed by atoms with van der Waals surface area (Å²) in [5.41, 5.74) is 2.75. The maximum atomic E-state index is 12.6. The first-order chi connectivity index (χ1) is 13.2. The van der Waals surface area contributed by atoms with E-state index in [1.807, 2.05) is 84.9 Å². The highest BCUT2D eigenvalue weighted by Gasteiger charge is 2.43. The number of carbonyl (C=O) groups is 1. The van der Waals surface area contributed by atoms with E-state index < -0.39 is 12.2 Å². The summed E-state index contributed by atoms with van der Waals surface area (Å²) in [4.78, 5) is 14.1. The van der Waals surface area contributed by atoms with Crippen LogP contribution in [-0.4, -0.2) is 11.0 Å². The smallest absolute Gasteiger partial charge is 0.422 e. The van der Waals surface area contributed by atoms with Crippen LogP contribution in [0, 0.1) is 12.0 Å². The van der Waals surface area contributed by atoms with Gasteiger partial charge in [0.05, 0.1) is 0 Å². The molecular weight excluding hydrogens is 402 g/mol. The fourth-order valence-electron chi connectivity index (χ4n) is 3.14. The van der Waals surface area contributed by atoms with Gasteiger partial charge in [-0.3, -0.25) is 0 Å². The highest BCUT2D eigenvalue weighted by Crippen LogP contribution is 2.42. The molecule has 0 radical (unpaired) electrons. The first-order valence-electron chi connectivity index (χ1n) is 8.60. The maximum Gasteiger partial charge on any atom is 0.422 e. The average Bonchev–Trinajstić information content (AvgIpc) is 3.05. The highest BCUT2D eigenvalue weighted by atomic mass is 79.9. The molecule has 1 saturated heterocycles. The predicted octanol–water partition coefficient (Wildman–Crippen LogP) is 5.69. The molecule has 0 bridgehead atoms. The summed E-state index contributed by atoms with van der Waals surface area (Å²) in [6.07, 6.45) is -0.841. The molecule has 3 aromatic carbocycles. The Balaban J connectivity index is 1.76. The number of amides is 1. The van der Waals surface area contributed by atoms with Crippen LogP contribution < -0.4 is 0 Å². The van der Waals surface area contributed by atoms with Gasteiger partial charge in [0.1, 0.15) is 6.04 Å². The summed E-state index contributed by atoms with van der Waals surface area (Å²) in [7, 11) is 0. The van der Waals surface area contributed by atoms with Crippen molar-refractivity contribution in [2.75, 3.05) is 0 Å². The average molecular weight is 418 g/mol. The monoisotopic (exact) mass is 417 g/mol. The lowest BCUT2D eigenvalue weighted by molar-refractivity contribution is 0.131. The van der Waals surface area contributed by atoms with Gasteiger partial charge >= 0.3 is 6.09 Å². The van der Waals surface area contributed by atoms with Gasteiger partial charge in [0.2, 0.25) is 0 Å². The lowest BCUT2D eigenvalue weighted by Gasteiger charge is -2.21. The van der Waals surface area contributed by atoms with Crippen molar-refractivity contribution < 1.29 is 9.53 Å². The first-order valence-corrected chi connectivity index (χ1v) is 9.39. The SMILES string of the molecule is O=C1O[C@H](c2ccccc2)[C@H](c2ccccc2)N1C#Cc1ccccc1Br. The molecule has 0 aromatic heterocycles. The van der Waals surface area contributed by atoms with Gasteiger partial charge in [0.15, 0.2) is 6.10 Å². The van der Waals surface area contributed by atoms with Crippen molar-refractivity contribution in [2.45, 2.75) is 12.1 Å². The molecule has 0 saturated carbocycles. The van der Waals surface area contributed by atoms with Crippen LogP contribution in [0.1, 0.15) is 28.8 Å². The van der Waals surface area contributed by atoms with E-state index in [0.29, 0.717) is 0 Å². The highest BCUT2D eigenvalue weighted by molar-refractivity contribution is 9.10. The molecule has 1 amide bonds. The van der Waals surface area contributed by atoms with Crippen LogP contribution in [0.5, 0.6) is 0 Å². The van der Waals surface area contributed by atoms with Crippen LogP contribution in [-0.2, 0) is 4.74 Å². The number of rotatable bonds is 2. The van der Waals surface area contributed by atoms with E-state index in [-0.39, 0.29) is 6.04 Å². The van der Waals surface area contributed by atoms with Gasteiger partial charge in [0.25, 0.3) is 0 Å². The zero-order valence-corrected chi connectivity index (χ0v) is 16.0. The van der Waals surface area contributed by atoms with Crippen molar-refractivity contribution in [1.82, 2.24) is 4.90 Å². The number of cyclic esters (lactones) is 1. The Bertz CT molecular complexity index is 1010. The minimum atomic E-state index is -0.433. The molecule has 1 fully saturated rings. The van der Waals surface area contributed by atoms with Gasteiger partial charge in [-0.2, -0.15) is 0 Å². The van der Waals surface area contributed by atoms with Crippen molar-refractivity contribution in [2.24, 2.45) is 0 Å². The number of nitrogens with zero attached hydrogens (tertiary/aromatic N) is 1. The minimum Gasteiger partial charge on any atom is -0.438 e. The summed E-state index contributed by atoms with van der Waals surface area (Å²) < 4.78 is 6.61. The van der Waals surface area contributed by atoms with E-state index in [1.165, 1.54) is 4.90 Å². The van der Waals surface area contributed by atoms with Crippen LogP contribution in [0.2, 0.25) is 0 Å². The van der Waals surface area contributed by atoms with E-state index >= 15 is 0 Å². The molecule has 1 aliphatic rings. The largest absolute Gasteiger partial charge is 0.438 e. The molecule has 0 unspecified atom stereocenters. The third-order valence-electron chi connectivity index (χ3n) is 4.44. The molecule has 1 heterocycles. The van der Waals surface area contributed by atoms with E-state index in [2.05, 4.69) is 27.9 Å². The van der Waals surface area contributed by atoms with Gasteiger partial charge in [-0.15, -0.1) is 0 Å². The Labute approximate surface area is 166 Å². The van der Waals surface area contributed by atoms with Gasteiger partial charge in [-0.1, -0.05) is 72.8 Å². The molecule has 1 aliphatic heterocycles. The Morgan fingerprint density at radius 3 is 2.07 bits per heavy atom. The van der Waals surface area contributed by atoms with Crippen molar-refractivity contribution >= 4 is 22.0 Å². The number of hydrogen-bond acceptors (Lipinski definition) is 2. The fraction of sp³-hybridized carbons (Fsp3) is 0.0870. The van der Waals surface area contributed by atoms with E-state index in [1.54, 1.807) is 0 Å². The zero-order valence-electron chi connectivity index (χ0n) is 14.4. The molecule has 3 aromatic rings. The van der Waals surface area contributed by atoms with Crippen molar-refractivity contribution in [3.63, 3.8) is 0 Å². The van der Waals surface area contributed by atoms with Gasteiger partial charge in [-0.25, -0.2) is 9.69 Å². The summed E-state index contributed by atoms with van der Waals surface area (Å²) in [6, 6.07) is 30.0. The summed E-state index contributed by atoms with van der Waals surface area (Å²) in [5, 5.41) is 0. The van der Waals surface area contributed by atoms with Crippen molar-refractivity contribution in [3.8, 4) is 12.0 Å². The third kappa shape index (κ3) is 3.60. The molecule has 4 heteroatoms. The third-order valence-corrected chi connectivity index (χ3v) is 5.13. The lowest BCUT2D eigenvalue weighted by Crippen LogP contribution is -2.23. The van der Waals surface area contributed by atoms with Crippen LogP contribution >= 0.6 is 15.9 Å². The molecule has 0 spiro atoms. The molecule has 27 heavy (non-hydrogen) atoms. The summed E-state index contributed by atoms with van der Waals surface area (Å²) >= 11 is 3.49. The lowest BCUT2D eigenvalue weighted by atomic mass is 9.96. The quantitative estimate of drug-likeness (QED) is 0.501. The second-order valence-corrected chi connectivity index (χ2v) is 7.01. The van der Waals surface area contributed by atoms with Crippen LogP contribution in [0.3, 0.4) is 0 Å². The molecule has 4 rings (SSSR count). The number of ether oxygens (including phenoxy) is 1. The molecule has 3 nitrogen and oxygen atoms in total. The second-order valence-electron chi connectivity index (χ2n) is 6.16. The topological polar surface area (TPSA) is 29.5 Å². The van der Waals surface area contributed by atoms with Crippen LogP contribution in [0.4, 0.5) is 4.79 Å². The molecule has 0 aliphatic carbocycles. The Morgan fingerprint density at radius 2 is 1.41 bits per heavy atom. The van der Waals surface area contributed by atoms with E-state index in [4.69, 9.17) is 4.74 Å². The number of halogens is 1. The first kappa shape index (κ1) is 17.4. The second kappa shape index (κ2) is 7.69. The Hall–Kier alpha value is -3.03. The van der Waals surface area contributed by atoms with Gasteiger partial charge < -0.3 is 4.74 Å². The number of benzene rings is 3. The maximum absolute atomic E-state index is 12.6. The summed E-state index contributed by atoms with van der Waals surface area (Å²) in [5.74, 6) is 3.09. The zero-order chi connectivity index (χ0) is 18.6. The number of hydrogen-bond donors (Lipinski definition) is 0. The standard InChI is InChI=1S/C23H16BrNO2/c24-20-14-8-7-9-17(20)15-16-25-21(18-10-3-1-4-11-18)22(27-23(25)26)19-12-5-2-6-13-19/h1-14,21-22H/t21-,22+/m0/s1. The van der Waals surface area contributed by atoms with Gasteiger partial charge in [0, 0.05) is 16.1 Å². The summed E-state index contributed by atoms with van der Waals surface area (Å²) in [6.45, 7) is 0. The van der Waals surface area contributed by atoms with E-state index in [0.717, 1.165) is 21.2 Å². The molecule has 2 atom stereocenters. The fourth-order valence-corrected chi connectivity index (χ4v) is 3.53. The molecule has 0 N–H and O–H groups in total. The van der Waals surface area contributed by atoms with Gasteiger partial charge in [-0.05, 0) is 45.1 Å². The Kier molecular flexibility index (Phi) is 4.95. The number of carbonyl (C=O) groups excluding carboxylic acids is 1. The van der Waals surface area contributed by atoms with Crippen LogP contribution in [0.25, 0.3) is 0 Å². The predicted molar refractivity (Wildman–Crippen MR) is 108 cm³/mol. The van der Waals surface area contributed by atoms with Crippen LogP contribution in [0.15, 0.2) is 89.4 Å². The molecular formula is C23H16BrNO2.